The van der Waals surface area contributed by atoms with Crippen molar-refractivity contribution in [3.8, 4) is 0 Å². The Balaban J connectivity index is 1.78. The molecular weight excluding hydrogens is 250 g/mol. The predicted molar refractivity (Wildman–Crippen MR) is 80.8 cm³/mol. The lowest BCUT2D eigenvalue weighted by Crippen LogP contribution is -2.39. The number of nitrogens with zero attached hydrogens (tertiary/aromatic N) is 1. The highest BCUT2D eigenvalue weighted by molar-refractivity contribution is 5.67. The topological polar surface area (TPSA) is 29.5 Å². The number of carbonyl (C=O) groups is 1. The van der Waals surface area contributed by atoms with Crippen molar-refractivity contribution in [2.45, 2.75) is 39.0 Å². The average Bonchev–Trinajstić information content (AvgIpc) is 2.49. The van der Waals surface area contributed by atoms with Gasteiger partial charge in [0.1, 0.15) is 0 Å². The van der Waals surface area contributed by atoms with Gasteiger partial charge >= 0.3 is 6.09 Å². The Bertz CT molecular complexity index is 410. The standard InChI is InChI=1S/C17H25NO2/c1-3-20-17(19)18-11-9-15(10-12-18)13-14(2)16-7-5-4-6-8-16/h4-8,14-15H,3,9-13H2,1-2H3/t14-/m0/s1. The van der Waals surface area contributed by atoms with Crippen molar-refractivity contribution in [1.82, 2.24) is 4.90 Å². The number of piperidine rings is 1. The molecule has 110 valence electrons. The third kappa shape index (κ3) is 3.99. The zero-order chi connectivity index (χ0) is 14.4. The van der Waals surface area contributed by atoms with Crippen molar-refractivity contribution in [2.24, 2.45) is 5.92 Å². The van der Waals surface area contributed by atoms with Gasteiger partial charge in [-0.15, -0.1) is 0 Å². The number of hydrogen-bond acceptors (Lipinski definition) is 2. The van der Waals surface area contributed by atoms with Gasteiger partial charge in [0.05, 0.1) is 6.61 Å². The van der Waals surface area contributed by atoms with Crippen LogP contribution < -0.4 is 0 Å². The summed E-state index contributed by atoms with van der Waals surface area (Å²) in [5.41, 5.74) is 1.42. The first-order valence-corrected chi connectivity index (χ1v) is 7.67. The predicted octanol–water partition coefficient (Wildman–Crippen LogP) is 4.05. The molecule has 1 aliphatic rings. The van der Waals surface area contributed by atoms with E-state index in [0.29, 0.717) is 12.5 Å². The molecule has 0 aliphatic carbocycles. The SMILES string of the molecule is CCOC(=O)N1CCC(C[C@H](C)c2ccccc2)CC1. The van der Waals surface area contributed by atoms with E-state index in [2.05, 4.69) is 37.3 Å². The maximum absolute atomic E-state index is 11.7. The minimum atomic E-state index is -0.151. The first-order chi connectivity index (χ1) is 9.70. The van der Waals surface area contributed by atoms with Crippen molar-refractivity contribution in [1.29, 1.82) is 0 Å². The summed E-state index contributed by atoms with van der Waals surface area (Å²) in [5, 5.41) is 0. The summed E-state index contributed by atoms with van der Waals surface area (Å²) in [4.78, 5) is 13.5. The molecule has 20 heavy (non-hydrogen) atoms. The monoisotopic (exact) mass is 275 g/mol. The Morgan fingerprint density at radius 3 is 2.55 bits per heavy atom. The van der Waals surface area contributed by atoms with Gasteiger partial charge in [0.15, 0.2) is 0 Å². The molecule has 1 atom stereocenters. The summed E-state index contributed by atoms with van der Waals surface area (Å²) in [6.07, 6.45) is 3.24. The fraction of sp³-hybridized carbons (Fsp3) is 0.588. The molecule has 3 heteroatoms. The fourth-order valence-electron chi connectivity index (χ4n) is 2.98. The van der Waals surface area contributed by atoms with Crippen molar-refractivity contribution in [3.05, 3.63) is 35.9 Å². The highest BCUT2D eigenvalue weighted by Gasteiger charge is 2.24. The maximum Gasteiger partial charge on any atom is 0.409 e. The number of likely N-dealkylation sites (tertiary alicyclic amines) is 1. The van der Waals surface area contributed by atoms with Crippen molar-refractivity contribution >= 4 is 6.09 Å². The van der Waals surface area contributed by atoms with Gasteiger partial charge in [-0.1, -0.05) is 37.3 Å². The molecule has 0 unspecified atom stereocenters. The lowest BCUT2D eigenvalue weighted by atomic mass is 9.85. The first-order valence-electron chi connectivity index (χ1n) is 7.67. The number of amides is 1. The third-order valence-electron chi connectivity index (χ3n) is 4.20. The highest BCUT2D eigenvalue weighted by atomic mass is 16.6. The van der Waals surface area contributed by atoms with E-state index in [4.69, 9.17) is 4.74 Å². The molecule has 2 rings (SSSR count). The summed E-state index contributed by atoms with van der Waals surface area (Å²) >= 11 is 0. The summed E-state index contributed by atoms with van der Waals surface area (Å²) in [5.74, 6) is 1.31. The van der Waals surface area contributed by atoms with Crippen molar-refractivity contribution < 1.29 is 9.53 Å². The molecule has 1 aromatic rings. The molecule has 1 saturated heterocycles. The summed E-state index contributed by atoms with van der Waals surface area (Å²) in [7, 11) is 0. The molecule has 1 aliphatic heterocycles. The second-order valence-corrected chi connectivity index (χ2v) is 5.68. The minimum Gasteiger partial charge on any atom is -0.450 e. The van der Waals surface area contributed by atoms with Gasteiger partial charge in [0.25, 0.3) is 0 Å². The van der Waals surface area contributed by atoms with Gasteiger partial charge in [0, 0.05) is 13.1 Å². The van der Waals surface area contributed by atoms with Gasteiger partial charge in [-0.3, -0.25) is 0 Å². The maximum atomic E-state index is 11.7. The minimum absolute atomic E-state index is 0.151. The number of benzene rings is 1. The van der Waals surface area contributed by atoms with Gasteiger partial charge in [-0.2, -0.15) is 0 Å². The van der Waals surface area contributed by atoms with Crippen LogP contribution in [0.1, 0.15) is 44.6 Å². The molecule has 0 spiro atoms. The van der Waals surface area contributed by atoms with E-state index in [1.165, 1.54) is 12.0 Å². The molecule has 1 aromatic carbocycles. The Morgan fingerprint density at radius 2 is 1.95 bits per heavy atom. The van der Waals surface area contributed by atoms with Crippen LogP contribution in [0.5, 0.6) is 0 Å². The molecular formula is C17H25NO2. The van der Waals surface area contributed by atoms with Gasteiger partial charge in [0.2, 0.25) is 0 Å². The smallest absolute Gasteiger partial charge is 0.409 e. The molecule has 1 heterocycles. The van der Waals surface area contributed by atoms with Gasteiger partial charge in [-0.25, -0.2) is 4.79 Å². The first kappa shape index (κ1) is 14.9. The van der Waals surface area contributed by atoms with E-state index in [9.17, 15) is 4.79 Å². The largest absolute Gasteiger partial charge is 0.450 e. The molecule has 0 N–H and O–H groups in total. The number of ether oxygens (including phenoxy) is 1. The van der Waals surface area contributed by atoms with Gasteiger partial charge < -0.3 is 9.64 Å². The summed E-state index contributed by atoms with van der Waals surface area (Å²) < 4.78 is 5.05. The molecule has 1 fully saturated rings. The molecule has 0 bridgehead atoms. The molecule has 0 aromatic heterocycles. The Kier molecular flexibility index (Phi) is 5.45. The van der Waals surface area contributed by atoms with Crippen LogP contribution in [0.25, 0.3) is 0 Å². The van der Waals surface area contributed by atoms with Crippen LogP contribution in [0.2, 0.25) is 0 Å². The lowest BCUT2D eigenvalue weighted by molar-refractivity contribution is 0.0903. The zero-order valence-electron chi connectivity index (χ0n) is 12.5. The van der Waals surface area contributed by atoms with E-state index in [1.54, 1.807) is 0 Å². The quantitative estimate of drug-likeness (QED) is 0.829. The molecule has 3 nitrogen and oxygen atoms in total. The van der Waals surface area contributed by atoms with Crippen LogP contribution in [0.3, 0.4) is 0 Å². The van der Waals surface area contributed by atoms with Crippen LogP contribution in [-0.4, -0.2) is 30.7 Å². The number of carbonyl (C=O) groups excluding carboxylic acids is 1. The van der Waals surface area contributed by atoms with Gasteiger partial charge in [-0.05, 0) is 43.6 Å². The Morgan fingerprint density at radius 1 is 1.30 bits per heavy atom. The fourth-order valence-corrected chi connectivity index (χ4v) is 2.98. The van der Waals surface area contributed by atoms with E-state index in [1.807, 2.05) is 11.8 Å². The van der Waals surface area contributed by atoms with E-state index >= 15 is 0 Å². The lowest BCUT2D eigenvalue weighted by Gasteiger charge is -2.32. The van der Waals surface area contributed by atoms with Crippen LogP contribution >= 0.6 is 0 Å². The zero-order valence-corrected chi connectivity index (χ0v) is 12.5. The van der Waals surface area contributed by atoms with E-state index < -0.39 is 0 Å². The number of rotatable bonds is 4. The van der Waals surface area contributed by atoms with Crippen molar-refractivity contribution in [3.63, 3.8) is 0 Å². The molecule has 0 radical (unpaired) electrons. The van der Waals surface area contributed by atoms with E-state index in [-0.39, 0.29) is 6.09 Å². The van der Waals surface area contributed by atoms with E-state index in [0.717, 1.165) is 31.8 Å². The molecule has 1 amide bonds. The third-order valence-corrected chi connectivity index (χ3v) is 4.20. The van der Waals surface area contributed by atoms with Crippen LogP contribution in [0.15, 0.2) is 30.3 Å². The Hall–Kier alpha value is -1.51. The Labute approximate surface area is 121 Å². The van der Waals surface area contributed by atoms with Crippen LogP contribution in [-0.2, 0) is 4.74 Å². The van der Waals surface area contributed by atoms with Crippen LogP contribution in [0, 0.1) is 5.92 Å². The number of hydrogen-bond donors (Lipinski definition) is 0. The average molecular weight is 275 g/mol. The summed E-state index contributed by atoms with van der Waals surface area (Å²) in [6.45, 7) is 6.29. The summed E-state index contributed by atoms with van der Waals surface area (Å²) in [6, 6.07) is 10.7. The normalized spacial score (nSPS) is 17.8. The molecule has 0 saturated carbocycles. The van der Waals surface area contributed by atoms with Crippen molar-refractivity contribution in [2.75, 3.05) is 19.7 Å². The highest BCUT2D eigenvalue weighted by Crippen LogP contribution is 2.29. The second kappa shape index (κ2) is 7.32. The van der Waals surface area contributed by atoms with Crippen LogP contribution in [0.4, 0.5) is 4.79 Å². The second-order valence-electron chi connectivity index (χ2n) is 5.68.